The van der Waals surface area contributed by atoms with Gasteiger partial charge < -0.3 is 0 Å². The molecule has 0 radical (unpaired) electrons. The molecule has 0 bridgehead atoms. The number of urea groups is 1. The van der Waals surface area contributed by atoms with Gasteiger partial charge in [0.15, 0.2) is 0 Å². The summed E-state index contributed by atoms with van der Waals surface area (Å²) in [5, 5.41) is 3.45. The van der Waals surface area contributed by atoms with Gasteiger partial charge in [-0.05, 0) is 12.8 Å². The first kappa shape index (κ1) is 10.6. The summed E-state index contributed by atoms with van der Waals surface area (Å²) >= 11 is 0. The fraction of sp³-hybridized carbons (Fsp3) is 0.625. The lowest BCUT2D eigenvalue weighted by molar-refractivity contribution is -0.147. The number of imide groups is 2. The number of nitrogens with one attached hydrogen (secondary N) is 2. The van der Waals surface area contributed by atoms with Crippen LogP contribution in [0.5, 0.6) is 0 Å². The summed E-state index contributed by atoms with van der Waals surface area (Å²) in [6, 6.07) is -0.968. The molecular weight excluding hydrogens is 191 g/mol. The van der Waals surface area contributed by atoms with Crippen molar-refractivity contribution < 1.29 is 18.8 Å². The number of carbonyl (C=O) groups excluding carboxylic acids is 3. The zero-order valence-corrected chi connectivity index (χ0v) is 7.72. The maximum Gasteiger partial charge on any atom is 0.328 e. The van der Waals surface area contributed by atoms with Crippen molar-refractivity contribution in [2.45, 2.75) is 31.9 Å². The molecule has 1 aliphatic rings. The Labute approximate surface area is 80.0 Å². The summed E-state index contributed by atoms with van der Waals surface area (Å²) in [5.41, 5.74) is -2.59. The number of amides is 4. The number of halogens is 1. The Hall–Kier alpha value is -1.46. The molecule has 1 fully saturated rings. The predicted molar refractivity (Wildman–Crippen MR) is 45.0 cm³/mol. The summed E-state index contributed by atoms with van der Waals surface area (Å²) in [7, 11) is 0. The molecular formula is C8H11FN2O3. The van der Waals surface area contributed by atoms with Gasteiger partial charge in [-0.25, -0.2) is 9.18 Å². The van der Waals surface area contributed by atoms with E-state index >= 15 is 0 Å². The van der Waals surface area contributed by atoms with Crippen LogP contribution in [0.4, 0.5) is 9.18 Å². The standard InChI is InChI=1S/C8H11FN2O3/c1-2-3-4-8(9)5(12)10-7(14)11-6(8)13/h2-4H2,1H3,(H2,10,11,12,13,14). The highest BCUT2D eigenvalue weighted by molar-refractivity contribution is 6.21. The topological polar surface area (TPSA) is 75.3 Å². The van der Waals surface area contributed by atoms with Crippen molar-refractivity contribution in [3.8, 4) is 0 Å². The number of hydrogen-bond acceptors (Lipinski definition) is 3. The average Bonchev–Trinajstić information content (AvgIpc) is 2.11. The molecule has 1 aliphatic heterocycles. The molecule has 6 heteroatoms. The van der Waals surface area contributed by atoms with Crippen LogP contribution in [0.25, 0.3) is 0 Å². The summed E-state index contributed by atoms with van der Waals surface area (Å²) in [6.45, 7) is 1.81. The Balaban J connectivity index is 2.79. The zero-order chi connectivity index (χ0) is 10.8. The van der Waals surface area contributed by atoms with Crippen LogP contribution in [0.1, 0.15) is 26.2 Å². The third kappa shape index (κ3) is 1.73. The highest BCUT2D eigenvalue weighted by Gasteiger charge is 2.50. The van der Waals surface area contributed by atoms with Gasteiger partial charge in [-0.2, -0.15) is 0 Å². The first-order valence-corrected chi connectivity index (χ1v) is 4.36. The SMILES string of the molecule is CCCCC1(F)C(=O)NC(=O)NC1=O. The van der Waals surface area contributed by atoms with Gasteiger partial charge in [0.25, 0.3) is 17.5 Å². The quantitative estimate of drug-likeness (QED) is 0.644. The van der Waals surface area contributed by atoms with Crippen LogP contribution in [0.2, 0.25) is 0 Å². The molecule has 0 aliphatic carbocycles. The van der Waals surface area contributed by atoms with E-state index in [0.29, 0.717) is 12.8 Å². The molecule has 14 heavy (non-hydrogen) atoms. The van der Waals surface area contributed by atoms with E-state index in [-0.39, 0.29) is 6.42 Å². The first-order valence-electron chi connectivity index (χ1n) is 4.36. The molecule has 1 saturated heterocycles. The van der Waals surface area contributed by atoms with E-state index in [4.69, 9.17) is 0 Å². The largest absolute Gasteiger partial charge is 0.328 e. The molecule has 5 nitrogen and oxygen atoms in total. The maximum absolute atomic E-state index is 13.7. The minimum Gasteiger partial charge on any atom is -0.274 e. The Morgan fingerprint density at radius 1 is 1.21 bits per heavy atom. The van der Waals surface area contributed by atoms with Gasteiger partial charge >= 0.3 is 6.03 Å². The summed E-state index contributed by atoms with van der Waals surface area (Å²) in [5.74, 6) is -2.33. The molecule has 0 aromatic carbocycles. The van der Waals surface area contributed by atoms with Crippen molar-refractivity contribution in [3.63, 3.8) is 0 Å². The molecule has 0 spiro atoms. The second-order valence-corrected chi connectivity index (χ2v) is 3.14. The molecule has 2 N–H and O–H groups in total. The van der Waals surface area contributed by atoms with Crippen LogP contribution in [0.15, 0.2) is 0 Å². The molecule has 78 valence electrons. The highest BCUT2D eigenvalue weighted by atomic mass is 19.1. The number of alkyl halides is 1. The minimum absolute atomic E-state index is 0.200. The lowest BCUT2D eigenvalue weighted by Crippen LogP contribution is -2.64. The molecule has 4 amide bonds. The van der Waals surface area contributed by atoms with Gasteiger partial charge in [0.1, 0.15) is 0 Å². The van der Waals surface area contributed by atoms with Crippen LogP contribution < -0.4 is 10.6 Å². The molecule has 0 aromatic rings. The minimum atomic E-state index is -2.59. The van der Waals surface area contributed by atoms with Crippen LogP contribution in [-0.4, -0.2) is 23.5 Å². The van der Waals surface area contributed by atoms with Crippen LogP contribution >= 0.6 is 0 Å². The fourth-order valence-electron chi connectivity index (χ4n) is 1.19. The molecule has 1 heterocycles. The highest BCUT2D eigenvalue weighted by Crippen LogP contribution is 2.22. The smallest absolute Gasteiger partial charge is 0.274 e. The summed E-state index contributed by atoms with van der Waals surface area (Å²) < 4.78 is 13.7. The second kappa shape index (κ2) is 3.73. The van der Waals surface area contributed by atoms with E-state index in [9.17, 15) is 18.8 Å². The van der Waals surface area contributed by atoms with Crippen LogP contribution in [0, 0.1) is 0 Å². The monoisotopic (exact) mass is 202 g/mol. The Bertz CT molecular complexity index is 270. The normalized spacial score (nSPS) is 20.3. The number of carbonyl (C=O) groups is 3. The van der Waals surface area contributed by atoms with E-state index in [0.717, 1.165) is 0 Å². The zero-order valence-electron chi connectivity index (χ0n) is 7.72. The summed E-state index contributed by atoms with van der Waals surface area (Å²) in [6.07, 6.45) is 0.875. The third-order valence-electron chi connectivity index (χ3n) is 2.05. The van der Waals surface area contributed by atoms with Gasteiger partial charge in [0, 0.05) is 0 Å². The molecule has 0 atom stereocenters. The Morgan fingerprint density at radius 2 is 1.71 bits per heavy atom. The van der Waals surface area contributed by atoms with Gasteiger partial charge in [0.2, 0.25) is 0 Å². The fourth-order valence-corrected chi connectivity index (χ4v) is 1.19. The first-order chi connectivity index (χ1) is 6.50. The Kier molecular flexibility index (Phi) is 2.83. The van der Waals surface area contributed by atoms with Crippen molar-refractivity contribution in [3.05, 3.63) is 0 Å². The van der Waals surface area contributed by atoms with Crippen LogP contribution in [0.3, 0.4) is 0 Å². The molecule has 0 aromatic heterocycles. The van der Waals surface area contributed by atoms with E-state index in [1.807, 2.05) is 6.92 Å². The van der Waals surface area contributed by atoms with Crippen molar-refractivity contribution in [2.75, 3.05) is 0 Å². The van der Waals surface area contributed by atoms with Crippen LogP contribution in [-0.2, 0) is 9.59 Å². The van der Waals surface area contributed by atoms with Gasteiger partial charge in [-0.3, -0.25) is 20.2 Å². The van der Waals surface area contributed by atoms with Gasteiger partial charge in [0.05, 0.1) is 0 Å². The molecule has 0 saturated carbocycles. The maximum atomic E-state index is 13.7. The number of barbiturate groups is 1. The van der Waals surface area contributed by atoms with E-state index in [2.05, 4.69) is 0 Å². The van der Waals surface area contributed by atoms with E-state index in [1.54, 1.807) is 10.6 Å². The molecule has 1 rings (SSSR count). The van der Waals surface area contributed by atoms with Gasteiger partial charge in [-0.1, -0.05) is 13.3 Å². The number of rotatable bonds is 3. The van der Waals surface area contributed by atoms with E-state index < -0.39 is 23.5 Å². The lowest BCUT2D eigenvalue weighted by atomic mass is 9.95. The van der Waals surface area contributed by atoms with Crippen molar-refractivity contribution in [1.82, 2.24) is 10.6 Å². The Morgan fingerprint density at radius 3 is 2.14 bits per heavy atom. The third-order valence-corrected chi connectivity index (χ3v) is 2.05. The van der Waals surface area contributed by atoms with Crippen molar-refractivity contribution in [2.24, 2.45) is 0 Å². The van der Waals surface area contributed by atoms with Crippen molar-refractivity contribution >= 4 is 17.8 Å². The predicted octanol–water partition coefficient (Wildman–Crippen LogP) is 0.251. The lowest BCUT2D eigenvalue weighted by Gasteiger charge is -2.26. The number of unbranched alkanes of at least 4 members (excludes halogenated alkanes) is 1. The number of hydrogen-bond donors (Lipinski definition) is 2. The molecule has 0 unspecified atom stereocenters. The summed E-state index contributed by atoms with van der Waals surface area (Å²) in [4.78, 5) is 32.8. The van der Waals surface area contributed by atoms with Gasteiger partial charge in [-0.15, -0.1) is 0 Å². The van der Waals surface area contributed by atoms with Crippen molar-refractivity contribution in [1.29, 1.82) is 0 Å². The van der Waals surface area contributed by atoms with E-state index in [1.165, 1.54) is 0 Å². The second-order valence-electron chi connectivity index (χ2n) is 3.14. The average molecular weight is 202 g/mol.